The standard InChI is InChI=1S/C16H24N4O2S.HI/c1-3-17-16(19-13-7-8-15(10-13)23-2)18-11-12-5-4-6-14(9-12)20(21)22;/h4-6,9,13,15H,3,7-8,10-11H2,1-2H3,(H2,17,18,19);1H. The van der Waals surface area contributed by atoms with Crippen molar-refractivity contribution in [3.63, 3.8) is 0 Å². The molecule has 8 heteroatoms. The molecular formula is C16H25IN4O2S. The molecule has 0 saturated heterocycles. The predicted octanol–water partition coefficient (Wildman–Crippen LogP) is 3.55. The largest absolute Gasteiger partial charge is 0.357 e. The highest BCUT2D eigenvalue weighted by molar-refractivity contribution is 14.0. The zero-order chi connectivity index (χ0) is 16.7. The fourth-order valence-corrected chi connectivity index (χ4v) is 3.53. The molecule has 1 fully saturated rings. The van der Waals surface area contributed by atoms with Crippen molar-refractivity contribution < 1.29 is 4.92 Å². The van der Waals surface area contributed by atoms with Gasteiger partial charge in [0, 0.05) is 30.0 Å². The Bertz CT molecular complexity index is 571. The Labute approximate surface area is 164 Å². The third-order valence-corrected chi connectivity index (χ3v) is 5.04. The number of nitrogens with one attached hydrogen (secondary N) is 2. The van der Waals surface area contributed by atoms with Gasteiger partial charge in [0.15, 0.2) is 5.96 Å². The van der Waals surface area contributed by atoms with Crippen LogP contribution >= 0.6 is 35.7 Å². The highest BCUT2D eigenvalue weighted by Crippen LogP contribution is 2.28. The van der Waals surface area contributed by atoms with Crippen molar-refractivity contribution in [3.05, 3.63) is 39.9 Å². The number of guanidine groups is 1. The number of non-ortho nitro benzene ring substituents is 1. The molecule has 0 radical (unpaired) electrons. The number of hydrogen-bond acceptors (Lipinski definition) is 4. The summed E-state index contributed by atoms with van der Waals surface area (Å²) in [4.78, 5) is 15.0. The van der Waals surface area contributed by atoms with E-state index >= 15 is 0 Å². The molecule has 0 amide bonds. The van der Waals surface area contributed by atoms with Crippen molar-refractivity contribution >= 4 is 47.4 Å². The van der Waals surface area contributed by atoms with E-state index in [1.54, 1.807) is 12.1 Å². The van der Waals surface area contributed by atoms with E-state index in [0.29, 0.717) is 12.6 Å². The lowest BCUT2D eigenvalue weighted by molar-refractivity contribution is -0.384. The summed E-state index contributed by atoms with van der Waals surface area (Å²) in [6.45, 7) is 3.25. The highest BCUT2D eigenvalue weighted by Gasteiger charge is 2.24. The lowest BCUT2D eigenvalue weighted by Gasteiger charge is -2.17. The minimum absolute atomic E-state index is 0. The summed E-state index contributed by atoms with van der Waals surface area (Å²) >= 11 is 1.93. The van der Waals surface area contributed by atoms with E-state index in [2.05, 4.69) is 21.9 Å². The van der Waals surface area contributed by atoms with Gasteiger partial charge in [0.25, 0.3) is 5.69 Å². The maximum atomic E-state index is 10.8. The van der Waals surface area contributed by atoms with Gasteiger partial charge in [-0.3, -0.25) is 10.1 Å². The Kier molecular flexibility index (Phi) is 9.42. The number of benzene rings is 1. The first kappa shape index (κ1) is 21.0. The summed E-state index contributed by atoms with van der Waals surface area (Å²) in [6, 6.07) is 7.09. The van der Waals surface area contributed by atoms with Crippen LogP contribution in [-0.2, 0) is 6.54 Å². The van der Waals surface area contributed by atoms with Gasteiger partial charge in [-0.05, 0) is 38.0 Å². The second-order valence-electron chi connectivity index (χ2n) is 5.63. The van der Waals surface area contributed by atoms with Crippen LogP contribution in [0.2, 0.25) is 0 Å². The average molecular weight is 464 g/mol. The molecule has 0 heterocycles. The molecule has 1 aliphatic carbocycles. The molecular weight excluding hydrogens is 439 g/mol. The number of aliphatic imine (C=N–C) groups is 1. The van der Waals surface area contributed by atoms with Crippen LogP contribution in [0.4, 0.5) is 5.69 Å². The molecule has 2 N–H and O–H groups in total. The van der Waals surface area contributed by atoms with Gasteiger partial charge in [-0.2, -0.15) is 11.8 Å². The van der Waals surface area contributed by atoms with Gasteiger partial charge in [-0.15, -0.1) is 24.0 Å². The van der Waals surface area contributed by atoms with Crippen molar-refractivity contribution in [3.8, 4) is 0 Å². The summed E-state index contributed by atoms with van der Waals surface area (Å²) in [7, 11) is 0. The Morgan fingerprint density at radius 3 is 2.88 bits per heavy atom. The third kappa shape index (κ3) is 6.46. The second-order valence-corrected chi connectivity index (χ2v) is 6.77. The van der Waals surface area contributed by atoms with E-state index in [1.165, 1.54) is 12.5 Å². The number of rotatable bonds is 6. The van der Waals surface area contributed by atoms with Crippen LogP contribution in [0.25, 0.3) is 0 Å². The van der Waals surface area contributed by atoms with Crippen LogP contribution in [0.15, 0.2) is 29.3 Å². The third-order valence-electron chi connectivity index (χ3n) is 3.94. The molecule has 0 bridgehead atoms. The fourth-order valence-electron chi connectivity index (χ4n) is 2.74. The van der Waals surface area contributed by atoms with Gasteiger partial charge in [0.2, 0.25) is 0 Å². The molecule has 0 spiro atoms. The predicted molar refractivity (Wildman–Crippen MR) is 111 cm³/mol. The number of hydrogen-bond donors (Lipinski definition) is 2. The zero-order valence-electron chi connectivity index (χ0n) is 14.0. The minimum Gasteiger partial charge on any atom is -0.357 e. The lowest BCUT2D eigenvalue weighted by Crippen LogP contribution is -2.42. The summed E-state index contributed by atoms with van der Waals surface area (Å²) in [5.74, 6) is 0.783. The molecule has 0 aromatic heterocycles. The van der Waals surface area contributed by atoms with Crippen LogP contribution in [0.1, 0.15) is 31.7 Å². The Morgan fingerprint density at radius 1 is 1.46 bits per heavy atom. The van der Waals surface area contributed by atoms with E-state index in [0.717, 1.165) is 36.2 Å². The lowest BCUT2D eigenvalue weighted by atomic mass is 10.2. The summed E-state index contributed by atoms with van der Waals surface area (Å²) in [6.07, 6.45) is 5.72. The molecule has 1 aliphatic rings. The summed E-state index contributed by atoms with van der Waals surface area (Å²) in [5, 5.41) is 18.3. The molecule has 24 heavy (non-hydrogen) atoms. The molecule has 1 aromatic rings. The van der Waals surface area contributed by atoms with Crippen LogP contribution in [0.5, 0.6) is 0 Å². The molecule has 2 rings (SSSR count). The van der Waals surface area contributed by atoms with Gasteiger partial charge >= 0.3 is 0 Å². The topological polar surface area (TPSA) is 79.6 Å². The SMILES string of the molecule is CCNC(=NCc1cccc([N+](=O)[O-])c1)NC1CCC(SC)C1.I. The Hall–Kier alpha value is -1.03. The van der Waals surface area contributed by atoms with E-state index in [9.17, 15) is 10.1 Å². The first-order valence-electron chi connectivity index (χ1n) is 7.93. The molecule has 2 unspecified atom stereocenters. The maximum absolute atomic E-state index is 10.8. The van der Waals surface area contributed by atoms with Crippen molar-refractivity contribution in [1.29, 1.82) is 0 Å². The number of nitrogens with zero attached hydrogens (tertiary/aromatic N) is 2. The smallest absolute Gasteiger partial charge is 0.269 e. The van der Waals surface area contributed by atoms with Gasteiger partial charge in [-0.1, -0.05) is 12.1 Å². The van der Waals surface area contributed by atoms with Crippen LogP contribution in [-0.4, -0.2) is 35.0 Å². The number of halogens is 1. The maximum Gasteiger partial charge on any atom is 0.269 e. The van der Waals surface area contributed by atoms with Crippen molar-refractivity contribution in [2.45, 2.75) is 44.0 Å². The van der Waals surface area contributed by atoms with Gasteiger partial charge in [-0.25, -0.2) is 4.99 Å². The first-order chi connectivity index (χ1) is 11.1. The molecule has 2 atom stereocenters. The van der Waals surface area contributed by atoms with Gasteiger partial charge in [0.05, 0.1) is 11.5 Å². The van der Waals surface area contributed by atoms with Crippen LogP contribution < -0.4 is 10.6 Å². The van der Waals surface area contributed by atoms with E-state index < -0.39 is 0 Å². The number of nitro benzene ring substituents is 1. The first-order valence-corrected chi connectivity index (χ1v) is 9.22. The summed E-state index contributed by atoms with van der Waals surface area (Å²) < 4.78 is 0. The second kappa shape index (κ2) is 10.8. The molecule has 1 aromatic carbocycles. The Morgan fingerprint density at radius 2 is 2.25 bits per heavy atom. The molecule has 6 nitrogen and oxygen atoms in total. The molecule has 1 saturated carbocycles. The molecule has 134 valence electrons. The summed E-state index contributed by atoms with van der Waals surface area (Å²) in [5.41, 5.74) is 0.944. The average Bonchev–Trinajstić information content (AvgIpc) is 3.01. The quantitative estimate of drug-likeness (QED) is 0.221. The number of nitro groups is 1. The zero-order valence-corrected chi connectivity index (χ0v) is 17.2. The monoisotopic (exact) mass is 464 g/mol. The van der Waals surface area contributed by atoms with Crippen LogP contribution in [0, 0.1) is 10.1 Å². The normalized spacial score (nSPS) is 20.3. The van der Waals surface area contributed by atoms with E-state index in [4.69, 9.17) is 0 Å². The van der Waals surface area contributed by atoms with Crippen molar-refractivity contribution in [1.82, 2.24) is 10.6 Å². The van der Waals surface area contributed by atoms with Gasteiger partial charge in [0.1, 0.15) is 0 Å². The molecule has 0 aliphatic heterocycles. The van der Waals surface area contributed by atoms with Crippen LogP contribution in [0.3, 0.4) is 0 Å². The highest BCUT2D eigenvalue weighted by atomic mass is 127. The van der Waals surface area contributed by atoms with E-state index in [-0.39, 0.29) is 34.6 Å². The van der Waals surface area contributed by atoms with E-state index in [1.807, 2.05) is 24.8 Å². The van der Waals surface area contributed by atoms with Gasteiger partial charge < -0.3 is 10.6 Å². The fraction of sp³-hybridized carbons (Fsp3) is 0.562. The Balaban J connectivity index is 0.00000288. The number of thioether (sulfide) groups is 1. The minimum atomic E-state index is -0.377. The van der Waals surface area contributed by atoms with Crippen molar-refractivity contribution in [2.24, 2.45) is 4.99 Å². The van der Waals surface area contributed by atoms with Crippen molar-refractivity contribution in [2.75, 3.05) is 12.8 Å².